The molecule has 0 saturated carbocycles. The molecule has 0 N–H and O–H groups in total. The fraction of sp³-hybridized carbons (Fsp3) is 0. The van der Waals surface area contributed by atoms with Gasteiger partial charge in [-0.25, -0.2) is 0 Å². The predicted octanol–water partition coefficient (Wildman–Crippen LogP) is 10.3. The van der Waals surface area contributed by atoms with E-state index in [1.807, 2.05) is 24.3 Å². The van der Waals surface area contributed by atoms with E-state index in [2.05, 4.69) is 96.0 Å². The number of fused-ring (bicyclic) bond motifs is 7. The highest BCUT2D eigenvalue weighted by Gasteiger charge is 2.25. The molecule has 1 heterocycles. The largest absolute Gasteiger partial charge is 0.216 e. The lowest BCUT2D eigenvalue weighted by Gasteiger charge is -2.19. The highest BCUT2D eigenvalue weighted by Crippen LogP contribution is 2.52. The summed E-state index contributed by atoms with van der Waals surface area (Å²) in [4.78, 5) is 3.23. The van der Waals surface area contributed by atoms with Crippen molar-refractivity contribution in [2.24, 2.45) is 0 Å². The summed E-state index contributed by atoms with van der Waals surface area (Å²) < 4.78 is 27.6. The van der Waals surface area contributed by atoms with Crippen LogP contribution in [0.1, 0.15) is 0 Å². The minimum absolute atomic E-state index is 0.461. The van der Waals surface area contributed by atoms with Gasteiger partial charge in [-0.05, 0) is 77.2 Å². The normalized spacial score (nSPS) is 11.8. The molecule has 7 aromatic rings. The Morgan fingerprint density at radius 3 is 1.52 bits per heavy atom. The van der Waals surface area contributed by atoms with E-state index in [1.165, 1.54) is 61.7 Å². The molecule has 3 heteroatoms. The first-order valence-electron chi connectivity index (χ1n) is 13.3. The van der Waals surface area contributed by atoms with Crippen molar-refractivity contribution in [1.29, 1.82) is 0 Å². The van der Waals surface area contributed by atoms with Crippen LogP contribution in [0.4, 0.5) is 8.78 Å². The lowest BCUT2D eigenvalue weighted by Crippen LogP contribution is -1.92. The minimum Gasteiger partial charge on any atom is -0.191 e. The van der Waals surface area contributed by atoms with E-state index in [0.29, 0.717) is 5.56 Å². The van der Waals surface area contributed by atoms with Crippen molar-refractivity contribution in [2.75, 3.05) is 0 Å². The number of benzene rings is 6. The third-order valence-corrected chi connectivity index (χ3v) is 8.02. The summed E-state index contributed by atoms with van der Waals surface area (Å²) in [6.45, 7) is 0. The molecule has 1 aliphatic rings. The van der Waals surface area contributed by atoms with Gasteiger partial charge in [-0.2, -0.15) is 13.8 Å². The van der Waals surface area contributed by atoms with Gasteiger partial charge in [0.1, 0.15) is 0 Å². The van der Waals surface area contributed by atoms with Crippen molar-refractivity contribution >= 4 is 21.5 Å². The number of aromatic nitrogens is 1. The Bertz CT molecular complexity index is 2110. The zero-order valence-electron chi connectivity index (χ0n) is 21.3. The van der Waals surface area contributed by atoms with E-state index in [9.17, 15) is 8.78 Å². The number of rotatable bonds is 2. The molecule has 0 radical (unpaired) electrons. The number of nitrogens with zero attached hydrogens (tertiary/aromatic N) is 1. The second kappa shape index (κ2) is 8.69. The Labute approximate surface area is 230 Å². The van der Waals surface area contributed by atoms with Crippen LogP contribution >= 0.6 is 0 Å². The first kappa shape index (κ1) is 22.8. The van der Waals surface area contributed by atoms with E-state index >= 15 is 0 Å². The molecule has 0 unspecified atom stereocenters. The molecule has 40 heavy (non-hydrogen) atoms. The lowest BCUT2D eigenvalue weighted by atomic mass is 9.84. The van der Waals surface area contributed by atoms with Gasteiger partial charge in [0.05, 0.1) is 0 Å². The van der Waals surface area contributed by atoms with Gasteiger partial charge in [0.2, 0.25) is 11.9 Å². The summed E-state index contributed by atoms with van der Waals surface area (Å²) in [5.41, 5.74) is 10.8. The van der Waals surface area contributed by atoms with Crippen molar-refractivity contribution in [3.8, 4) is 55.6 Å². The number of halogens is 2. The maximum Gasteiger partial charge on any atom is 0.216 e. The van der Waals surface area contributed by atoms with Crippen molar-refractivity contribution in [3.63, 3.8) is 0 Å². The summed E-state index contributed by atoms with van der Waals surface area (Å²) in [7, 11) is 0. The highest BCUT2D eigenvalue weighted by atomic mass is 19.1. The van der Waals surface area contributed by atoms with Gasteiger partial charge in [-0.1, -0.05) is 115 Å². The number of pyridine rings is 1. The topological polar surface area (TPSA) is 12.9 Å². The summed E-state index contributed by atoms with van der Waals surface area (Å²) in [6, 6.07) is 42.9. The van der Waals surface area contributed by atoms with Crippen LogP contribution in [0, 0.1) is 11.9 Å². The summed E-state index contributed by atoms with van der Waals surface area (Å²) in [5.74, 6) is -1.66. The second-order valence-electron chi connectivity index (χ2n) is 10.2. The monoisotopic (exact) mass is 517 g/mol. The molecule has 188 valence electrons. The van der Waals surface area contributed by atoms with E-state index in [0.717, 1.165) is 22.1 Å². The number of hydrogen-bond donors (Lipinski definition) is 0. The molecule has 0 bridgehead atoms. The van der Waals surface area contributed by atoms with E-state index < -0.39 is 11.9 Å². The summed E-state index contributed by atoms with van der Waals surface area (Å²) in [5, 5.41) is 4.76. The van der Waals surface area contributed by atoms with E-state index in [4.69, 9.17) is 0 Å². The Morgan fingerprint density at radius 2 is 0.850 bits per heavy atom. The first-order valence-corrected chi connectivity index (χ1v) is 13.3. The summed E-state index contributed by atoms with van der Waals surface area (Å²) >= 11 is 0. The van der Waals surface area contributed by atoms with Gasteiger partial charge in [0, 0.05) is 12.1 Å². The Hall–Kier alpha value is -5.15. The van der Waals surface area contributed by atoms with Crippen LogP contribution in [0.3, 0.4) is 0 Å². The van der Waals surface area contributed by atoms with Crippen molar-refractivity contribution in [3.05, 3.63) is 139 Å². The van der Waals surface area contributed by atoms with Crippen molar-refractivity contribution < 1.29 is 8.78 Å². The fourth-order valence-corrected chi connectivity index (χ4v) is 6.39. The molecule has 1 nitrogen and oxygen atoms in total. The Kier molecular flexibility index (Phi) is 4.95. The molecular formula is C37H21F2N. The first-order chi connectivity index (χ1) is 19.7. The standard InChI is InChI=1S/C37H21F2N/c38-33-20-24(21-34(39)40-33)22-16-18-23(19-17-22)35-30-12-5-6-13-31(30)36-28-11-4-3-10-26(28)25-8-1-2-9-27(25)29-14-7-15-32(35)37(29)36/h1-21H. The lowest BCUT2D eigenvalue weighted by molar-refractivity contribution is 0.513. The van der Waals surface area contributed by atoms with Crippen LogP contribution in [0.2, 0.25) is 0 Å². The van der Waals surface area contributed by atoms with Crippen molar-refractivity contribution in [2.45, 2.75) is 0 Å². The van der Waals surface area contributed by atoms with Crippen LogP contribution in [-0.4, -0.2) is 4.98 Å². The third-order valence-electron chi connectivity index (χ3n) is 8.02. The second-order valence-corrected chi connectivity index (χ2v) is 10.2. The molecule has 0 fully saturated rings. The molecule has 1 aromatic heterocycles. The molecule has 0 amide bonds. The fourth-order valence-electron chi connectivity index (χ4n) is 6.39. The smallest absolute Gasteiger partial charge is 0.191 e. The van der Waals surface area contributed by atoms with Crippen LogP contribution in [0.5, 0.6) is 0 Å². The Morgan fingerprint density at radius 1 is 0.375 bits per heavy atom. The Balaban J connectivity index is 1.47. The molecule has 0 atom stereocenters. The third kappa shape index (κ3) is 3.34. The minimum atomic E-state index is -0.828. The van der Waals surface area contributed by atoms with Gasteiger partial charge in [0.25, 0.3) is 0 Å². The molecular weight excluding hydrogens is 496 g/mol. The molecule has 0 aliphatic heterocycles. The average molecular weight is 518 g/mol. The molecule has 8 rings (SSSR count). The molecule has 1 aliphatic carbocycles. The van der Waals surface area contributed by atoms with Gasteiger partial charge in [0.15, 0.2) is 0 Å². The van der Waals surface area contributed by atoms with Crippen LogP contribution in [-0.2, 0) is 0 Å². The maximum atomic E-state index is 13.8. The quantitative estimate of drug-likeness (QED) is 0.164. The highest BCUT2D eigenvalue weighted by molar-refractivity contribution is 6.27. The van der Waals surface area contributed by atoms with Crippen LogP contribution in [0.25, 0.3) is 77.2 Å². The van der Waals surface area contributed by atoms with Gasteiger partial charge in [-0.15, -0.1) is 0 Å². The van der Waals surface area contributed by atoms with Gasteiger partial charge >= 0.3 is 0 Å². The SMILES string of the molecule is Fc1cc(-c2ccc(-c3c4ccccc4c4c5c(cccc35)-c3ccccc3-c3ccccc3-4)cc2)cc(F)n1. The van der Waals surface area contributed by atoms with Crippen molar-refractivity contribution in [1.82, 2.24) is 4.98 Å². The average Bonchev–Trinajstić information content (AvgIpc) is 3.11. The maximum absolute atomic E-state index is 13.8. The molecule has 0 saturated heterocycles. The predicted molar refractivity (Wildman–Crippen MR) is 160 cm³/mol. The van der Waals surface area contributed by atoms with E-state index in [1.54, 1.807) is 0 Å². The van der Waals surface area contributed by atoms with Gasteiger partial charge in [-0.3, -0.25) is 0 Å². The van der Waals surface area contributed by atoms with E-state index in [-0.39, 0.29) is 0 Å². The number of hydrogen-bond acceptors (Lipinski definition) is 1. The summed E-state index contributed by atoms with van der Waals surface area (Å²) in [6.07, 6.45) is 0. The molecule has 6 aromatic carbocycles. The van der Waals surface area contributed by atoms with Crippen LogP contribution in [0.15, 0.2) is 127 Å². The zero-order chi connectivity index (χ0) is 26.8. The van der Waals surface area contributed by atoms with Crippen LogP contribution < -0.4 is 0 Å². The van der Waals surface area contributed by atoms with Gasteiger partial charge < -0.3 is 0 Å². The zero-order valence-corrected chi connectivity index (χ0v) is 21.3. The molecule has 0 spiro atoms.